The van der Waals surface area contributed by atoms with Crippen LogP contribution >= 0.6 is 0 Å². The van der Waals surface area contributed by atoms with Crippen LogP contribution in [0.5, 0.6) is 5.75 Å². The Balaban J connectivity index is 0.000000310. The van der Waals surface area contributed by atoms with Gasteiger partial charge in [0, 0.05) is 45.1 Å². The number of aromatic nitrogens is 1. The van der Waals surface area contributed by atoms with E-state index >= 15 is 0 Å². The van der Waals surface area contributed by atoms with Gasteiger partial charge < -0.3 is 13.6 Å². The van der Waals surface area contributed by atoms with E-state index in [4.69, 9.17) is 3.79 Å². The quantitative estimate of drug-likeness (QED) is 0.144. The largest absolute Gasteiger partial charge is 0.649 e. The van der Waals surface area contributed by atoms with E-state index in [0.717, 1.165) is 50.8 Å². The molecular formula is C53H39AlN3O. The predicted molar refractivity (Wildman–Crippen MR) is 246 cm³/mol. The van der Waals surface area contributed by atoms with Crippen molar-refractivity contribution in [3.05, 3.63) is 231 Å². The molecule has 0 spiro atoms. The molecule has 0 amide bonds. The van der Waals surface area contributed by atoms with Crippen molar-refractivity contribution in [1.82, 2.24) is 4.98 Å². The number of hydrogen-bond acceptors (Lipinski definition) is 4. The molecule has 0 saturated carbocycles. The molecule has 58 heavy (non-hydrogen) atoms. The lowest BCUT2D eigenvalue weighted by molar-refractivity contribution is 0.622. The first-order valence-electron chi connectivity index (χ1n) is 19.4. The molecule has 9 aromatic carbocycles. The summed E-state index contributed by atoms with van der Waals surface area (Å²) < 4.78 is 5.19. The van der Waals surface area contributed by atoms with Gasteiger partial charge in [0.05, 0.1) is 11.4 Å². The van der Waals surface area contributed by atoms with Crippen LogP contribution in [0.25, 0.3) is 43.6 Å². The molecule has 0 aliphatic heterocycles. The van der Waals surface area contributed by atoms with E-state index in [0.29, 0.717) is 0 Å². The molecule has 0 unspecified atom stereocenters. The molecule has 0 N–H and O–H groups in total. The van der Waals surface area contributed by atoms with Gasteiger partial charge in [-0.05, 0) is 94.7 Å². The number of nitrogens with zero attached hydrogens (tertiary/aromatic N) is 3. The molecule has 0 aliphatic carbocycles. The van der Waals surface area contributed by atoms with Crippen molar-refractivity contribution in [3.63, 3.8) is 0 Å². The number of benzene rings is 9. The Labute approximate surface area is 347 Å². The van der Waals surface area contributed by atoms with Gasteiger partial charge in [-0.2, -0.15) is 0 Å². The summed E-state index contributed by atoms with van der Waals surface area (Å²) in [6, 6.07) is 79.1. The Morgan fingerprint density at radius 3 is 1.24 bits per heavy atom. The van der Waals surface area contributed by atoms with Crippen LogP contribution in [-0.4, -0.2) is 21.6 Å². The highest BCUT2D eigenvalue weighted by Gasteiger charge is 2.17. The van der Waals surface area contributed by atoms with Gasteiger partial charge in [-0.15, -0.1) is 0 Å². The van der Waals surface area contributed by atoms with E-state index < -0.39 is 0 Å². The second kappa shape index (κ2) is 16.9. The summed E-state index contributed by atoms with van der Waals surface area (Å²) in [5, 5.41) is 6.02. The second-order valence-corrected chi connectivity index (χ2v) is 14.2. The van der Waals surface area contributed by atoms with Gasteiger partial charge in [-0.3, -0.25) is 4.98 Å². The highest BCUT2D eigenvalue weighted by molar-refractivity contribution is 6.02. The lowest BCUT2D eigenvalue weighted by atomic mass is 10.0. The van der Waals surface area contributed by atoms with E-state index in [1.807, 2.05) is 30.3 Å². The molecule has 10 aromatic rings. The van der Waals surface area contributed by atoms with Gasteiger partial charge in [0.15, 0.2) is 0 Å². The van der Waals surface area contributed by atoms with Gasteiger partial charge in [-0.25, -0.2) is 0 Å². The lowest BCUT2D eigenvalue weighted by Crippen LogP contribution is -2.10. The van der Waals surface area contributed by atoms with E-state index in [9.17, 15) is 0 Å². The summed E-state index contributed by atoms with van der Waals surface area (Å²) in [4.78, 5) is 8.92. The van der Waals surface area contributed by atoms with Crippen molar-refractivity contribution in [2.45, 2.75) is 0 Å². The average molecular weight is 761 g/mol. The summed E-state index contributed by atoms with van der Waals surface area (Å²) >= 11 is 1.47. The normalized spacial score (nSPS) is 10.8. The summed E-state index contributed by atoms with van der Waals surface area (Å²) in [5.41, 5.74) is 10.1. The lowest BCUT2D eigenvalue weighted by Gasteiger charge is -2.27. The number of anilines is 6. The van der Waals surface area contributed by atoms with E-state index in [1.54, 1.807) is 6.20 Å². The number of fused-ring (bicyclic) bond motifs is 3. The summed E-state index contributed by atoms with van der Waals surface area (Å²) in [7, 11) is 0. The molecule has 5 heteroatoms. The fourth-order valence-electron chi connectivity index (χ4n) is 7.61. The maximum atomic E-state index is 5.19. The minimum absolute atomic E-state index is 0.839. The maximum Gasteiger partial charge on any atom is 0.494 e. The molecule has 0 atom stereocenters. The minimum Gasteiger partial charge on any atom is -0.649 e. The Morgan fingerprint density at radius 2 is 0.741 bits per heavy atom. The van der Waals surface area contributed by atoms with E-state index in [2.05, 4.69) is 209 Å². The fraction of sp³-hybridized carbons (Fsp3) is 0. The van der Waals surface area contributed by atoms with E-state index in [-0.39, 0.29) is 0 Å². The number of para-hydroxylation sites is 3. The number of hydrogen-bond donors (Lipinski definition) is 0. The number of rotatable bonds is 8. The molecule has 10 rings (SSSR count). The smallest absolute Gasteiger partial charge is 0.494 e. The highest BCUT2D eigenvalue weighted by Crippen LogP contribution is 2.41. The SMILES string of the molecule is [AlH][O]c1cccc2cccnc12.c1ccc(N(c2ccc(-c3ccc(N(c4ccccc4)c4cccc5ccccc45)cc3)cc2)c2cccc3ccccc23)cc1. The first-order chi connectivity index (χ1) is 28.7. The van der Waals surface area contributed by atoms with Crippen molar-refractivity contribution < 1.29 is 3.79 Å². The first kappa shape index (κ1) is 36.5. The van der Waals surface area contributed by atoms with Gasteiger partial charge in [-0.1, -0.05) is 152 Å². The second-order valence-electron chi connectivity index (χ2n) is 13.9. The fourth-order valence-corrected chi connectivity index (χ4v) is 7.85. The van der Waals surface area contributed by atoms with Crippen LogP contribution in [0.3, 0.4) is 0 Å². The van der Waals surface area contributed by atoms with Crippen LogP contribution in [0.1, 0.15) is 0 Å². The zero-order valence-corrected chi connectivity index (χ0v) is 33.3. The maximum absolute atomic E-state index is 5.19. The molecule has 1 radical (unpaired) electrons. The highest BCUT2D eigenvalue weighted by atomic mass is 27.1. The van der Waals surface area contributed by atoms with Gasteiger partial charge in [0.25, 0.3) is 0 Å². The van der Waals surface area contributed by atoms with Gasteiger partial charge >= 0.3 is 16.6 Å². The third-order valence-electron chi connectivity index (χ3n) is 10.4. The van der Waals surface area contributed by atoms with Gasteiger partial charge in [0.1, 0.15) is 11.3 Å². The van der Waals surface area contributed by atoms with Crippen molar-refractivity contribution in [1.29, 1.82) is 0 Å². The first-order valence-corrected chi connectivity index (χ1v) is 19.9. The third-order valence-corrected chi connectivity index (χ3v) is 10.7. The third kappa shape index (κ3) is 7.53. The zero-order chi connectivity index (χ0) is 39.1. The monoisotopic (exact) mass is 760 g/mol. The molecule has 1 heterocycles. The molecular weight excluding hydrogens is 722 g/mol. The minimum atomic E-state index is 0.839. The summed E-state index contributed by atoms with van der Waals surface area (Å²) in [6.07, 6.45) is 1.77. The Hall–Kier alpha value is -7.16. The van der Waals surface area contributed by atoms with Crippen LogP contribution < -0.4 is 13.6 Å². The summed E-state index contributed by atoms with van der Waals surface area (Å²) in [6.45, 7) is 0. The average Bonchev–Trinajstić information content (AvgIpc) is 3.30. The standard InChI is InChI=1S/C44H32N2.C9H7NO.Al.H/c1-3-17-37(18-4-1)45(43-23-11-15-35-13-7-9-21-41(35)43)39-29-25-33(26-30-39)34-27-31-40(32-28-34)46(38-19-5-2-6-20-38)44-24-12-16-36-14-8-10-22-42(36)44;11-8-5-1-3-7-4-2-6-10-9(7)8;;/h1-32H;1-6,11H;;/q;;+1;/p-1. The molecule has 4 nitrogen and oxygen atoms in total. The van der Waals surface area contributed by atoms with Crippen molar-refractivity contribution >= 4 is 83.2 Å². The van der Waals surface area contributed by atoms with Crippen molar-refractivity contribution in [2.24, 2.45) is 0 Å². The molecule has 0 aliphatic rings. The van der Waals surface area contributed by atoms with Crippen LogP contribution in [-0.2, 0) is 0 Å². The van der Waals surface area contributed by atoms with Gasteiger partial charge in [0.2, 0.25) is 0 Å². The van der Waals surface area contributed by atoms with Crippen LogP contribution in [0.15, 0.2) is 231 Å². The Morgan fingerprint density at radius 1 is 0.345 bits per heavy atom. The van der Waals surface area contributed by atoms with Crippen molar-refractivity contribution in [3.8, 4) is 16.9 Å². The van der Waals surface area contributed by atoms with Crippen molar-refractivity contribution in [2.75, 3.05) is 9.80 Å². The molecule has 275 valence electrons. The Bertz CT molecular complexity index is 2760. The topological polar surface area (TPSA) is 28.6 Å². The number of pyridine rings is 1. The molecule has 0 saturated heterocycles. The molecule has 0 fully saturated rings. The molecule has 0 bridgehead atoms. The Kier molecular flexibility index (Phi) is 10.6. The predicted octanol–water partition coefficient (Wildman–Crippen LogP) is 14.0. The van der Waals surface area contributed by atoms with Crippen LogP contribution in [0.4, 0.5) is 34.1 Å². The van der Waals surface area contributed by atoms with E-state index in [1.165, 1.54) is 49.3 Å². The molecule has 1 aromatic heterocycles. The van der Waals surface area contributed by atoms with Crippen LogP contribution in [0.2, 0.25) is 0 Å². The van der Waals surface area contributed by atoms with Crippen LogP contribution in [0, 0.1) is 0 Å². The zero-order valence-electron chi connectivity index (χ0n) is 31.9. The summed E-state index contributed by atoms with van der Waals surface area (Å²) in [5.74, 6) is 0.839.